The number of amides is 1. The first-order valence-corrected chi connectivity index (χ1v) is 16.3. The van der Waals surface area contributed by atoms with Crippen molar-refractivity contribution < 1.29 is 18.8 Å². The highest BCUT2D eigenvalue weighted by molar-refractivity contribution is 6.74. The molecule has 1 saturated heterocycles. The normalized spacial score (nSPS) is 16.8. The third-order valence-electron chi connectivity index (χ3n) is 6.94. The zero-order valence-electron chi connectivity index (χ0n) is 23.9. The van der Waals surface area contributed by atoms with E-state index in [1.165, 1.54) is 0 Å². The van der Waals surface area contributed by atoms with Gasteiger partial charge in [0, 0.05) is 39.3 Å². The smallest absolute Gasteiger partial charge is 0.410 e. The lowest BCUT2D eigenvalue weighted by atomic mass is 10.1. The molecule has 1 amide bonds. The summed E-state index contributed by atoms with van der Waals surface area (Å²) < 4.78 is 11.9. The fourth-order valence-electron chi connectivity index (χ4n) is 3.63. The first kappa shape index (κ1) is 30.3. The van der Waals surface area contributed by atoms with Gasteiger partial charge in [-0.2, -0.15) is 0 Å². The van der Waals surface area contributed by atoms with Crippen LogP contribution in [0.4, 0.5) is 4.79 Å². The summed E-state index contributed by atoms with van der Waals surface area (Å²) >= 11 is 0. The van der Waals surface area contributed by atoms with Gasteiger partial charge >= 0.3 is 6.09 Å². The second-order valence-electron chi connectivity index (χ2n) is 12.2. The Morgan fingerprint density at radius 2 is 1.67 bits per heavy atom. The Hall–Kier alpha value is -1.90. The van der Waals surface area contributed by atoms with Gasteiger partial charge in [0.1, 0.15) is 11.7 Å². The van der Waals surface area contributed by atoms with Gasteiger partial charge in [0.05, 0.1) is 6.21 Å². The minimum atomic E-state index is -1.74. The van der Waals surface area contributed by atoms with Crippen molar-refractivity contribution >= 4 is 20.6 Å². The van der Waals surface area contributed by atoms with E-state index < -0.39 is 13.9 Å². The van der Waals surface area contributed by atoms with E-state index in [0.717, 1.165) is 51.1 Å². The van der Waals surface area contributed by atoms with Gasteiger partial charge in [0.15, 0.2) is 8.32 Å². The number of benzene rings is 1. The topological polar surface area (TPSA) is 63.6 Å². The van der Waals surface area contributed by atoms with E-state index in [9.17, 15) is 4.79 Å². The third-order valence-corrected chi connectivity index (χ3v) is 11.5. The summed E-state index contributed by atoms with van der Waals surface area (Å²) in [6.45, 7) is 21.8. The van der Waals surface area contributed by atoms with Crippen molar-refractivity contribution in [1.82, 2.24) is 9.80 Å². The number of piperazine rings is 1. The van der Waals surface area contributed by atoms with Gasteiger partial charge in [-0.25, -0.2) is 4.79 Å². The lowest BCUT2D eigenvalue weighted by molar-refractivity contribution is 0.00902. The number of ether oxygens (including phenoxy) is 1. The maximum absolute atomic E-state index is 12.3. The molecule has 1 aromatic carbocycles. The number of carbonyl (C=O) groups is 1. The van der Waals surface area contributed by atoms with Crippen molar-refractivity contribution in [2.24, 2.45) is 5.16 Å². The highest BCUT2D eigenvalue weighted by Gasteiger charge is 2.37. The number of hydrogen-bond acceptors (Lipinski definition) is 6. The maximum atomic E-state index is 12.3. The van der Waals surface area contributed by atoms with Crippen LogP contribution in [-0.4, -0.2) is 81.5 Å². The van der Waals surface area contributed by atoms with E-state index in [-0.39, 0.29) is 17.2 Å². The summed E-state index contributed by atoms with van der Waals surface area (Å²) in [6, 6.07) is 10.0. The Labute approximate surface area is 220 Å². The number of carbonyl (C=O) groups excluding carboxylic acids is 1. The summed E-state index contributed by atoms with van der Waals surface area (Å²) in [5.41, 5.74) is 0.559. The molecule has 7 nitrogen and oxygen atoms in total. The van der Waals surface area contributed by atoms with Gasteiger partial charge in [-0.1, -0.05) is 56.3 Å². The quantitative estimate of drug-likeness (QED) is 0.152. The monoisotopic (exact) mass is 519 g/mol. The van der Waals surface area contributed by atoms with Gasteiger partial charge in [-0.05, 0) is 63.7 Å². The van der Waals surface area contributed by atoms with Crippen LogP contribution < -0.4 is 0 Å². The first-order valence-electron chi connectivity index (χ1n) is 13.4. The molecule has 0 N–H and O–H groups in total. The molecule has 204 valence electrons. The molecule has 1 aliphatic rings. The average molecular weight is 520 g/mol. The van der Waals surface area contributed by atoms with Crippen LogP contribution in [0.25, 0.3) is 0 Å². The minimum Gasteiger partial charge on any atom is -0.444 e. The lowest BCUT2D eigenvalue weighted by Gasteiger charge is -2.36. The highest BCUT2D eigenvalue weighted by atomic mass is 28.4. The van der Waals surface area contributed by atoms with E-state index in [4.69, 9.17) is 14.0 Å². The van der Waals surface area contributed by atoms with Crippen LogP contribution in [-0.2, 0) is 14.0 Å². The van der Waals surface area contributed by atoms with Crippen LogP contribution in [0, 0.1) is 0 Å². The van der Waals surface area contributed by atoms with Gasteiger partial charge < -0.3 is 18.9 Å². The van der Waals surface area contributed by atoms with E-state index >= 15 is 0 Å². The van der Waals surface area contributed by atoms with Gasteiger partial charge in [-0.3, -0.25) is 4.90 Å². The van der Waals surface area contributed by atoms with E-state index in [1.54, 1.807) is 11.1 Å². The molecule has 2 rings (SSSR count). The zero-order chi connectivity index (χ0) is 26.8. The SMILES string of the molecule is CC(C)(C)OC(=O)N1CCN(CCC(CCCO[Si](C)(C)C(C)(C)C)O/N=C/c2ccccc2)CC1. The van der Waals surface area contributed by atoms with Crippen molar-refractivity contribution in [1.29, 1.82) is 0 Å². The minimum absolute atomic E-state index is 0.0249. The van der Waals surface area contributed by atoms with Crippen LogP contribution >= 0.6 is 0 Å². The Bertz CT molecular complexity index is 810. The first-order chi connectivity index (χ1) is 16.8. The van der Waals surface area contributed by atoms with Crippen molar-refractivity contribution in [3.05, 3.63) is 35.9 Å². The molecule has 1 fully saturated rings. The fraction of sp³-hybridized carbons (Fsp3) is 0.714. The number of nitrogens with zero attached hydrogens (tertiary/aromatic N) is 3. The molecule has 0 bridgehead atoms. The van der Waals surface area contributed by atoms with Crippen LogP contribution in [0.15, 0.2) is 35.5 Å². The standard InChI is InChI=1S/C28H49N3O4Si/c1-27(2,3)34-26(32)31-20-18-30(19-21-31)17-16-25(35-29-23-24-13-10-9-11-14-24)15-12-22-33-36(7,8)28(4,5)6/h9-11,13-14,23,25H,12,15-22H2,1-8H3/b29-23+. The third kappa shape index (κ3) is 11.0. The van der Waals surface area contributed by atoms with Gasteiger partial charge in [0.2, 0.25) is 0 Å². The molecule has 0 spiro atoms. The largest absolute Gasteiger partial charge is 0.444 e. The molecule has 1 heterocycles. The molecule has 1 aliphatic heterocycles. The van der Waals surface area contributed by atoms with Gasteiger partial charge in [0.25, 0.3) is 0 Å². The number of oxime groups is 1. The molecule has 0 aromatic heterocycles. The van der Waals surface area contributed by atoms with Gasteiger partial charge in [-0.15, -0.1) is 0 Å². The Kier molecular flexibility index (Phi) is 11.4. The molecular weight excluding hydrogens is 470 g/mol. The van der Waals surface area contributed by atoms with Crippen molar-refractivity contribution in [3.8, 4) is 0 Å². The zero-order valence-corrected chi connectivity index (χ0v) is 24.9. The molecule has 8 heteroatoms. The second-order valence-corrected chi connectivity index (χ2v) is 17.0. The van der Waals surface area contributed by atoms with Crippen LogP contribution in [0.3, 0.4) is 0 Å². The predicted octanol–water partition coefficient (Wildman–Crippen LogP) is 6.15. The Morgan fingerprint density at radius 3 is 2.25 bits per heavy atom. The Balaban J connectivity index is 1.84. The number of hydrogen-bond donors (Lipinski definition) is 0. The van der Waals surface area contributed by atoms with Crippen molar-refractivity contribution in [3.63, 3.8) is 0 Å². The predicted molar refractivity (Wildman–Crippen MR) is 150 cm³/mol. The number of rotatable bonds is 11. The molecule has 0 saturated carbocycles. The second kappa shape index (κ2) is 13.6. The average Bonchev–Trinajstić information content (AvgIpc) is 2.79. The summed E-state index contributed by atoms with van der Waals surface area (Å²) in [4.78, 5) is 22.5. The van der Waals surface area contributed by atoms with E-state index in [2.05, 4.69) is 43.9 Å². The molecule has 0 aliphatic carbocycles. The van der Waals surface area contributed by atoms with E-state index in [0.29, 0.717) is 13.1 Å². The summed E-state index contributed by atoms with van der Waals surface area (Å²) in [7, 11) is -1.74. The summed E-state index contributed by atoms with van der Waals surface area (Å²) in [5, 5.41) is 4.51. The molecule has 1 unspecified atom stereocenters. The molecule has 1 aromatic rings. The maximum Gasteiger partial charge on any atom is 0.410 e. The lowest BCUT2D eigenvalue weighted by Crippen LogP contribution is -2.50. The highest BCUT2D eigenvalue weighted by Crippen LogP contribution is 2.36. The molecule has 36 heavy (non-hydrogen) atoms. The van der Waals surface area contributed by atoms with Crippen LogP contribution in [0.2, 0.25) is 18.1 Å². The Morgan fingerprint density at radius 1 is 1.03 bits per heavy atom. The van der Waals surface area contributed by atoms with Crippen molar-refractivity contribution in [2.75, 3.05) is 39.3 Å². The molecule has 1 atom stereocenters. The fourth-order valence-corrected chi connectivity index (χ4v) is 4.72. The van der Waals surface area contributed by atoms with Crippen LogP contribution in [0.1, 0.15) is 66.4 Å². The molecule has 0 radical (unpaired) electrons. The summed E-state index contributed by atoms with van der Waals surface area (Å²) in [6.07, 6.45) is 4.32. The van der Waals surface area contributed by atoms with Crippen LogP contribution in [0.5, 0.6) is 0 Å². The van der Waals surface area contributed by atoms with Crippen molar-refractivity contribution in [2.45, 2.75) is 90.6 Å². The summed E-state index contributed by atoms with van der Waals surface area (Å²) in [5.74, 6) is 0. The van der Waals surface area contributed by atoms with E-state index in [1.807, 2.05) is 51.1 Å². The molecular formula is C28H49N3O4Si.